The first-order chi connectivity index (χ1) is 7.27. The first-order valence-corrected chi connectivity index (χ1v) is 5.39. The van der Waals surface area contributed by atoms with E-state index >= 15 is 0 Å². The lowest BCUT2D eigenvalue weighted by Gasteiger charge is -2.14. The normalized spacial score (nSPS) is 25.7. The minimum atomic E-state index is -0.185. The molecule has 1 N–H and O–H groups in total. The highest BCUT2D eigenvalue weighted by Crippen LogP contribution is 2.13. The van der Waals surface area contributed by atoms with Gasteiger partial charge in [0.05, 0.1) is 18.6 Å². The lowest BCUT2D eigenvalue weighted by molar-refractivity contribution is 0.190. The van der Waals surface area contributed by atoms with Crippen molar-refractivity contribution in [1.29, 1.82) is 0 Å². The van der Waals surface area contributed by atoms with Crippen LogP contribution >= 0.6 is 11.6 Å². The molecule has 4 heteroatoms. The zero-order valence-electron chi connectivity index (χ0n) is 8.25. The summed E-state index contributed by atoms with van der Waals surface area (Å²) in [5.74, 6) is -0.185. The van der Waals surface area contributed by atoms with Crippen molar-refractivity contribution in [1.82, 2.24) is 5.32 Å². The topological polar surface area (TPSA) is 21.3 Å². The summed E-state index contributed by atoms with van der Waals surface area (Å²) in [6, 6.07) is 6.85. The van der Waals surface area contributed by atoms with Crippen LogP contribution in [0.1, 0.15) is 5.56 Å². The molecule has 0 spiro atoms. The van der Waals surface area contributed by atoms with Crippen LogP contribution in [0.3, 0.4) is 0 Å². The number of halogens is 2. The molecule has 1 heterocycles. The van der Waals surface area contributed by atoms with Gasteiger partial charge in [0, 0.05) is 18.2 Å². The van der Waals surface area contributed by atoms with E-state index < -0.39 is 0 Å². The predicted octanol–water partition coefficient (Wildman–Crippen LogP) is 1.92. The van der Waals surface area contributed by atoms with Crippen molar-refractivity contribution in [3.8, 4) is 0 Å². The molecule has 1 fully saturated rings. The van der Waals surface area contributed by atoms with E-state index in [0.717, 1.165) is 0 Å². The lowest BCUT2D eigenvalue weighted by Crippen LogP contribution is -2.35. The summed E-state index contributed by atoms with van der Waals surface area (Å²) in [4.78, 5) is 0. The van der Waals surface area contributed by atoms with Gasteiger partial charge in [-0.2, -0.15) is 0 Å². The molecule has 1 aliphatic rings. The molecule has 1 saturated heterocycles. The van der Waals surface area contributed by atoms with Crippen LogP contribution in [0.5, 0.6) is 0 Å². The van der Waals surface area contributed by atoms with Crippen LogP contribution in [0.25, 0.3) is 0 Å². The number of ether oxygens (including phenoxy) is 1. The van der Waals surface area contributed by atoms with E-state index in [0.29, 0.717) is 25.3 Å². The fourth-order valence-corrected chi connectivity index (χ4v) is 1.85. The third kappa shape index (κ3) is 2.68. The van der Waals surface area contributed by atoms with Crippen molar-refractivity contribution in [3.63, 3.8) is 0 Å². The summed E-state index contributed by atoms with van der Waals surface area (Å²) < 4.78 is 18.5. The fourth-order valence-electron chi connectivity index (χ4n) is 1.60. The van der Waals surface area contributed by atoms with Gasteiger partial charge >= 0.3 is 0 Å². The van der Waals surface area contributed by atoms with E-state index in [2.05, 4.69) is 5.32 Å². The van der Waals surface area contributed by atoms with Crippen molar-refractivity contribution < 1.29 is 9.13 Å². The minimum absolute atomic E-state index is 0.0169. The Morgan fingerprint density at radius 1 is 1.40 bits per heavy atom. The largest absolute Gasteiger partial charge is 0.378 e. The monoisotopic (exact) mass is 229 g/mol. The van der Waals surface area contributed by atoms with Crippen molar-refractivity contribution in [2.45, 2.75) is 18.0 Å². The molecule has 1 aromatic carbocycles. The van der Waals surface area contributed by atoms with Crippen LogP contribution in [0.2, 0.25) is 0 Å². The summed E-state index contributed by atoms with van der Waals surface area (Å²) in [6.45, 7) is 1.66. The van der Waals surface area contributed by atoms with Gasteiger partial charge in [0.25, 0.3) is 0 Å². The van der Waals surface area contributed by atoms with E-state index in [1.165, 1.54) is 6.07 Å². The van der Waals surface area contributed by atoms with Crippen LogP contribution in [0, 0.1) is 5.82 Å². The fraction of sp³-hybridized carbons (Fsp3) is 0.455. The molecule has 1 aromatic rings. The van der Waals surface area contributed by atoms with Gasteiger partial charge in [-0.1, -0.05) is 18.2 Å². The number of hydrogen-bond donors (Lipinski definition) is 1. The number of hydrogen-bond acceptors (Lipinski definition) is 2. The number of alkyl halides is 1. The summed E-state index contributed by atoms with van der Waals surface area (Å²) >= 11 is 6.00. The van der Waals surface area contributed by atoms with Crippen molar-refractivity contribution >= 4 is 11.6 Å². The average Bonchev–Trinajstić information content (AvgIpc) is 2.63. The van der Waals surface area contributed by atoms with E-state index in [1.54, 1.807) is 12.1 Å². The van der Waals surface area contributed by atoms with Crippen LogP contribution in [0.15, 0.2) is 24.3 Å². The van der Waals surface area contributed by atoms with Crippen LogP contribution in [-0.4, -0.2) is 24.6 Å². The number of benzene rings is 1. The predicted molar refractivity (Wildman–Crippen MR) is 57.5 cm³/mol. The Balaban J connectivity index is 1.90. The summed E-state index contributed by atoms with van der Waals surface area (Å²) in [7, 11) is 0. The highest BCUT2D eigenvalue weighted by Gasteiger charge is 2.25. The molecule has 1 aliphatic heterocycles. The van der Waals surface area contributed by atoms with Gasteiger partial charge in [0.2, 0.25) is 0 Å². The van der Waals surface area contributed by atoms with Gasteiger partial charge in [-0.05, 0) is 6.07 Å². The van der Waals surface area contributed by atoms with Gasteiger partial charge in [0.1, 0.15) is 5.82 Å². The van der Waals surface area contributed by atoms with Gasteiger partial charge in [-0.3, -0.25) is 0 Å². The van der Waals surface area contributed by atoms with E-state index in [-0.39, 0.29) is 17.2 Å². The van der Waals surface area contributed by atoms with Gasteiger partial charge in [-0.25, -0.2) is 4.39 Å². The quantitative estimate of drug-likeness (QED) is 0.800. The summed E-state index contributed by atoms with van der Waals surface area (Å²) in [5, 5.41) is 3.17. The highest BCUT2D eigenvalue weighted by molar-refractivity contribution is 6.21. The molecular weight excluding hydrogens is 217 g/mol. The summed E-state index contributed by atoms with van der Waals surface area (Å²) in [6.07, 6.45) is 0. The standard InChI is InChI=1S/C11H13ClFNO/c12-9-6-15-7-11(9)14-5-8-3-1-2-4-10(8)13/h1-4,9,11,14H,5-7H2. The Bertz CT molecular complexity index is 334. The Morgan fingerprint density at radius 2 is 2.20 bits per heavy atom. The van der Waals surface area contributed by atoms with E-state index in [1.807, 2.05) is 6.07 Å². The molecule has 15 heavy (non-hydrogen) atoms. The Kier molecular flexibility index (Phi) is 3.57. The van der Waals surface area contributed by atoms with E-state index in [9.17, 15) is 4.39 Å². The molecule has 2 rings (SSSR count). The van der Waals surface area contributed by atoms with Crippen molar-refractivity contribution in [2.24, 2.45) is 0 Å². The molecule has 0 radical (unpaired) electrons. The zero-order valence-corrected chi connectivity index (χ0v) is 9.01. The second kappa shape index (κ2) is 4.92. The maximum Gasteiger partial charge on any atom is 0.127 e. The van der Waals surface area contributed by atoms with Gasteiger partial charge in [-0.15, -0.1) is 11.6 Å². The van der Waals surface area contributed by atoms with Crippen molar-refractivity contribution in [3.05, 3.63) is 35.6 Å². The third-order valence-corrected chi connectivity index (χ3v) is 2.95. The first kappa shape index (κ1) is 10.9. The molecule has 0 amide bonds. The smallest absolute Gasteiger partial charge is 0.127 e. The molecule has 0 aromatic heterocycles. The number of nitrogens with one attached hydrogen (secondary N) is 1. The Labute approximate surface area is 93.4 Å². The Morgan fingerprint density at radius 3 is 2.87 bits per heavy atom. The third-order valence-electron chi connectivity index (χ3n) is 2.52. The number of rotatable bonds is 3. The molecule has 2 unspecified atom stereocenters. The van der Waals surface area contributed by atoms with Gasteiger partial charge in [0.15, 0.2) is 0 Å². The van der Waals surface area contributed by atoms with E-state index in [4.69, 9.17) is 16.3 Å². The van der Waals surface area contributed by atoms with Crippen LogP contribution in [0.4, 0.5) is 4.39 Å². The Hall–Kier alpha value is -0.640. The maximum atomic E-state index is 13.3. The first-order valence-electron chi connectivity index (χ1n) is 4.96. The average molecular weight is 230 g/mol. The molecular formula is C11H13ClFNO. The zero-order chi connectivity index (χ0) is 10.7. The maximum absolute atomic E-state index is 13.3. The molecule has 0 bridgehead atoms. The molecule has 82 valence electrons. The molecule has 0 aliphatic carbocycles. The van der Waals surface area contributed by atoms with Gasteiger partial charge < -0.3 is 10.1 Å². The highest BCUT2D eigenvalue weighted by atomic mass is 35.5. The van der Waals surface area contributed by atoms with Crippen LogP contribution < -0.4 is 5.32 Å². The summed E-state index contributed by atoms with van der Waals surface area (Å²) in [5.41, 5.74) is 0.660. The lowest BCUT2D eigenvalue weighted by atomic mass is 10.2. The van der Waals surface area contributed by atoms with Crippen molar-refractivity contribution in [2.75, 3.05) is 13.2 Å². The molecule has 0 saturated carbocycles. The van der Waals surface area contributed by atoms with Crippen LogP contribution in [-0.2, 0) is 11.3 Å². The second-order valence-corrected chi connectivity index (χ2v) is 4.19. The SMILES string of the molecule is Fc1ccccc1CNC1COCC1Cl. The second-order valence-electron chi connectivity index (χ2n) is 3.63. The molecule has 2 nitrogen and oxygen atoms in total. The minimum Gasteiger partial charge on any atom is -0.378 e. The molecule has 2 atom stereocenters.